The van der Waals surface area contributed by atoms with E-state index in [1.54, 1.807) is 5.56 Å². The second-order valence-electron chi connectivity index (χ2n) is 26.7. The molecule has 3 heterocycles. The van der Waals surface area contributed by atoms with E-state index in [2.05, 4.69) is 206 Å². The molecule has 4 heteroatoms. The fourth-order valence-electron chi connectivity index (χ4n) is 13.5. The summed E-state index contributed by atoms with van der Waals surface area (Å²) in [5.41, 5.74) is 24.3. The van der Waals surface area contributed by atoms with Crippen LogP contribution in [0.1, 0.15) is 192 Å². The van der Waals surface area contributed by atoms with Gasteiger partial charge in [-0.1, -0.05) is 141 Å². The molecule has 346 valence electrons. The molecule has 0 saturated heterocycles. The van der Waals surface area contributed by atoms with Gasteiger partial charge in [0.15, 0.2) is 0 Å². The Bertz CT molecular complexity index is 3120. The highest BCUT2D eigenvalue weighted by molar-refractivity contribution is 7.26. The fourth-order valence-corrected chi connectivity index (χ4v) is 14.8. The lowest BCUT2D eigenvalue weighted by molar-refractivity contribution is 0.331. The van der Waals surface area contributed by atoms with Crippen molar-refractivity contribution in [3.63, 3.8) is 0 Å². The number of rotatable bonds is 3. The lowest BCUT2D eigenvalue weighted by Crippen LogP contribution is -2.62. The Balaban J connectivity index is 1.30. The molecule has 1 aromatic heterocycles. The van der Waals surface area contributed by atoms with Crippen LogP contribution in [0.4, 0.5) is 33.4 Å². The van der Waals surface area contributed by atoms with E-state index in [4.69, 9.17) is 0 Å². The quantitative estimate of drug-likeness (QED) is 0.163. The predicted octanol–water partition coefficient (Wildman–Crippen LogP) is 16.3. The number of anilines is 6. The van der Waals surface area contributed by atoms with Gasteiger partial charge in [-0.25, -0.2) is 0 Å². The summed E-state index contributed by atoms with van der Waals surface area (Å²) < 4.78 is 1.40. The summed E-state index contributed by atoms with van der Waals surface area (Å²) in [4.78, 5) is 5.45. The molecule has 0 bridgehead atoms. The lowest BCUT2D eigenvalue weighted by Gasteiger charge is -2.49. The smallest absolute Gasteiger partial charge is 0.254 e. The van der Waals surface area contributed by atoms with Crippen LogP contribution in [0, 0.1) is 6.92 Å². The standard InChI is InChI=1S/C63H75BN2S/c1-18-38-33-39(57(3,4)5)19-24-48(38)66-50-32-37(2)31-49-54(50)64(53-41-35-45-46(36-51(41)67-56(53)66)62(14,15)28-27-61(45,12)13)47-23-22-43-52(63(16,17)30-29-59(43,8)9)55(47)65(49)40-20-21-42-44(34-40)60(10,11)26-25-58(42,6)7/h18-24,31-36H,1,25-30H2,2-17H3. The SMILES string of the molecule is C=Cc1cc(C(C)(C)C)ccc1N1c2cc(C)cc3c2B(c2ccc4c(c2N3c2ccc3c(c2)C(C)(C)CCC3(C)C)C(C)(C)CCC4(C)C)c2c1sc1cc3c(cc21)C(C)(C)CCC3(C)C. The molecule has 2 nitrogen and oxygen atoms in total. The van der Waals surface area contributed by atoms with Gasteiger partial charge in [-0.15, -0.1) is 11.3 Å². The fraction of sp³-hybridized carbons (Fsp3) is 0.460. The average molecular weight is 903 g/mol. The minimum atomic E-state index is -0.0172. The topological polar surface area (TPSA) is 6.48 Å². The third-order valence-corrected chi connectivity index (χ3v) is 19.4. The summed E-state index contributed by atoms with van der Waals surface area (Å²) in [6.45, 7) is 43.7. The summed E-state index contributed by atoms with van der Waals surface area (Å²) in [6, 6.07) is 30.3. The zero-order chi connectivity index (χ0) is 47.9. The summed E-state index contributed by atoms with van der Waals surface area (Å²) in [5, 5.41) is 2.78. The van der Waals surface area contributed by atoms with Gasteiger partial charge >= 0.3 is 0 Å². The van der Waals surface area contributed by atoms with E-state index in [-0.39, 0.29) is 44.6 Å². The van der Waals surface area contributed by atoms with E-state index in [1.165, 1.54) is 137 Å². The molecule has 0 radical (unpaired) electrons. The molecule has 11 rings (SSSR count). The van der Waals surface area contributed by atoms with Crippen LogP contribution in [0.3, 0.4) is 0 Å². The van der Waals surface area contributed by atoms with Crippen LogP contribution < -0.4 is 26.2 Å². The molecule has 0 N–H and O–H groups in total. The molecule has 6 aromatic rings. The lowest BCUT2D eigenvalue weighted by atomic mass is 9.33. The number of thiophene rings is 1. The number of hydrogen-bond acceptors (Lipinski definition) is 3. The van der Waals surface area contributed by atoms with Gasteiger partial charge in [-0.2, -0.15) is 0 Å². The van der Waals surface area contributed by atoms with Crippen LogP contribution >= 0.6 is 11.3 Å². The molecule has 2 aliphatic heterocycles. The molecule has 3 aliphatic carbocycles. The maximum Gasteiger partial charge on any atom is 0.254 e. The Labute approximate surface area is 408 Å². The first-order chi connectivity index (χ1) is 31.2. The molecule has 0 fully saturated rings. The van der Waals surface area contributed by atoms with Gasteiger partial charge in [-0.05, 0) is 204 Å². The van der Waals surface area contributed by atoms with E-state index in [0.29, 0.717) is 0 Å². The van der Waals surface area contributed by atoms with E-state index in [1.807, 2.05) is 11.3 Å². The molecule has 5 aromatic carbocycles. The minimum Gasteiger partial charge on any atom is -0.311 e. The van der Waals surface area contributed by atoms with Crippen molar-refractivity contribution in [1.82, 2.24) is 0 Å². The number of fused-ring (bicyclic) bond motifs is 10. The number of benzene rings is 5. The van der Waals surface area contributed by atoms with Crippen molar-refractivity contribution in [2.75, 3.05) is 9.80 Å². The van der Waals surface area contributed by atoms with E-state index in [0.717, 1.165) is 6.42 Å². The first-order valence-electron chi connectivity index (χ1n) is 25.6. The second-order valence-corrected chi connectivity index (χ2v) is 27.8. The number of aryl methyl sites for hydroxylation is 1. The van der Waals surface area contributed by atoms with Crippen molar-refractivity contribution in [1.29, 1.82) is 0 Å². The van der Waals surface area contributed by atoms with Gasteiger partial charge in [0.05, 0.1) is 10.7 Å². The van der Waals surface area contributed by atoms with Crippen molar-refractivity contribution >= 4 is 84.0 Å². The predicted molar refractivity (Wildman–Crippen MR) is 295 cm³/mol. The van der Waals surface area contributed by atoms with Crippen LogP contribution in [0.25, 0.3) is 16.2 Å². The summed E-state index contributed by atoms with van der Waals surface area (Å²) in [5.74, 6) is 0. The van der Waals surface area contributed by atoms with E-state index in [9.17, 15) is 0 Å². The van der Waals surface area contributed by atoms with Gasteiger partial charge < -0.3 is 9.80 Å². The number of hydrogen-bond donors (Lipinski definition) is 0. The van der Waals surface area contributed by atoms with Crippen molar-refractivity contribution in [2.45, 2.75) is 187 Å². The molecule has 0 spiro atoms. The van der Waals surface area contributed by atoms with Gasteiger partial charge in [0.25, 0.3) is 6.71 Å². The van der Waals surface area contributed by atoms with Crippen LogP contribution in [0.15, 0.2) is 79.4 Å². The first kappa shape index (κ1) is 44.9. The van der Waals surface area contributed by atoms with Crippen LogP contribution in [-0.4, -0.2) is 6.71 Å². The van der Waals surface area contributed by atoms with Crippen molar-refractivity contribution in [2.24, 2.45) is 0 Å². The molecule has 0 atom stereocenters. The summed E-state index contributed by atoms with van der Waals surface area (Å²) in [7, 11) is 0. The Morgan fingerprint density at radius 2 is 1.09 bits per heavy atom. The molecule has 0 unspecified atom stereocenters. The Hall–Kier alpha value is -4.54. The molecular weight excluding hydrogens is 828 g/mol. The molecule has 67 heavy (non-hydrogen) atoms. The zero-order valence-corrected chi connectivity index (χ0v) is 44.7. The van der Waals surface area contributed by atoms with Gasteiger partial charge in [0, 0.05) is 27.4 Å². The Morgan fingerprint density at radius 1 is 0.552 bits per heavy atom. The van der Waals surface area contributed by atoms with Gasteiger partial charge in [0.1, 0.15) is 0 Å². The molecule has 0 amide bonds. The average Bonchev–Trinajstić information content (AvgIpc) is 3.62. The van der Waals surface area contributed by atoms with Crippen LogP contribution in [0.2, 0.25) is 0 Å². The highest BCUT2D eigenvalue weighted by Crippen LogP contribution is 2.57. The summed E-state index contributed by atoms with van der Waals surface area (Å²) in [6.07, 6.45) is 9.23. The minimum absolute atomic E-state index is 0.0115. The Morgan fingerprint density at radius 3 is 1.70 bits per heavy atom. The monoisotopic (exact) mass is 903 g/mol. The third kappa shape index (κ3) is 6.46. The molecular formula is C63H75BN2S. The van der Waals surface area contributed by atoms with E-state index >= 15 is 0 Å². The molecule has 5 aliphatic rings. The normalized spacial score (nSPS) is 20.9. The number of nitrogens with zero attached hydrogens (tertiary/aromatic N) is 2. The zero-order valence-electron chi connectivity index (χ0n) is 43.8. The van der Waals surface area contributed by atoms with Crippen LogP contribution in [0.5, 0.6) is 0 Å². The highest BCUT2D eigenvalue weighted by atomic mass is 32.1. The van der Waals surface area contributed by atoms with Gasteiger partial charge in [-0.3, -0.25) is 0 Å². The first-order valence-corrected chi connectivity index (χ1v) is 26.4. The van der Waals surface area contributed by atoms with E-state index < -0.39 is 0 Å². The van der Waals surface area contributed by atoms with Crippen molar-refractivity contribution in [3.05, 3.63) is 129 Å². The maximum absolute atomic E-state index is 4.50. The van der Waals surface area contributed by atoms with Gasteiger partial charge in [0.2, 0.25) is 0 Å². The highest BCUT2D eigenvalue weighted by Gasteiger charge is 2.51. The second kappa shape index (κ2) is 14.1. The largest absolute Gasteiger partial charge is 0.311 e. The summed E-state index contributed by atoms with van der Waals surface area (Å²) >= 11 is 2.02. The maximum atomic E-state index is 4.50. The molecule has 0 saturated carbocycles. The van der Waals surface area contributed by atoms with Crippen molar-refractivity contribution in [3.8, 4) is 0 Å². The Kier molecular flexibility index (Phi) is 9.42. The third-order valence-electron chi connectivity index (χ3n) is 18.2. The van der Waals surface area contributed by atoms with Crippen molar-refractivity contribution < 1.29 is 0 Å². The van der Waals surface area contributed by atoms with Crippen LogP contribution in [-0.2, 0) is 37.9 Å².